The normalized spacial score (nSPS) is 25.0. The summed E-state index contributed by atoms with van der Waals surface area (Å²) in [5.74, 6) is 0.443. The Morgan fingerprint density at radius 3 is 2.14 bits per heavy atom. The molecule has 2 atom stereocenters. The third-order valence-electron chi connectivity index (χ3n) is 4.82. The van der Waals surface area contributed by atoms with E-state index in [1.165, 1.54) is 0 Å². The third kappa shape index (κ3) is 4.43. The molecule has 0 radical (unpaired) electrons. The Bertz CT molecular complexity index is 852. The Kier molecular flexibility index (Phi) is 5.83. The number of benzene rings is 2. The lowest BCUT2D eigenvalue weighted by atomic mass is 10.1. The minimum absolute atomic E-state index is 0.152. The van der Waals surface area contributed by atoms with Crippen molar-refractivity contribution in [2.45, 2.75) is 44.7 Å². The molecule has 2 aromatic carbocycles. The third-order valence-corrected chi connectivity index (χ3v) is 5.25. The molecule has 0 bridgehead atoms. The maximum Gasteiger partial charge on any atom is 0.225 e. The molecule has 2 aromatic rings. The minimum Gasteiger partial charge on any atom is -0.486 e. The second-order valence-electron chi connectivity index (χ2n) is 7.64. The number of alkyl halides is 1. The van der Waals surface area contributed by atoms with Crippen molar-refractivity contribution in [3.63, 3.8) is 0 Å². The summed E-state index contributed by atoms with van der Waals surface area (Å²) in [6.45, 7) is 4.72. The zero-order valence-electron chi connectivity index (χ0n) is 16.6. The highest BCUT2D eigenvalue weighted by Crippen LogP contribution is 2.46. The van der Waals surface area contributed by atoms with Gasteiger partial charge < -0.3 is 23.7 Å². The fourth-order valence-corrected chi connectivity index (χ4v) is 3.69. The Labute approximate surface area is 176 Å². The fraction of sp³-hybridized carbons (Fsp3) is 0.391. The highest BCUT2D eigenvalue weighted by atomic mass is 35.5. The first-order valence-electron chi connectivity index (χ1n) is 9.65. The van der Waals surface area contributed by atoms with Gasteiger partial charge in [-0.3, -0.25) is 0 Å². The Morgan fingerprint density at radius 2 is 1.52 bits per heavy atom. The quantitative estimate of drug-likeness (QED) is 0.581. The van der Waals surface area contributed by atoms with E-state index in [-0.39, 0.29) is 12.5 Å². The molecule has 1 saturated heterocycles. The number of ether oxygens (including phenoxy) is 5. The van der Waals surface area contributed by atoms with Crippen molar-refractivity contribution in [3.8, 4) is 0 Å². The van der Waals surface area contributed by atoms with E-state index in [0.29, 0.717) is 24.7 Å². The first-order valence-corrected chi connectivity index (χ1v) is 10.2. The van der Waals surface area contributed by atoms with E-state index in [9.17, 15) is 0 Å². The summed E-state index contributed by atoms with van der Waals surface area (Å²) in [5.41, 5.74) is 1.14. The lowest BCUT2D eigenvalue weighted by Gasteiger charge is -2.31. The Balaban J connectivity index is 1.53. The number of fused-ring (bicyclic) bond motifs is 1. The van der Waals surface area contributed by atoms with Crippen LogP contribution in [0, 0.1) is 0 Å². The molecule has 2 heterocycles. The maximum atomic E-state index is 6.38. The van der Waals surface area contributed by atoms with Crippen molar-refractivity contribution < 1.29 is 23.7 Å². The van der Waals surface area contributed by atoms with Crippen LogP contribution in [0.1, 0.15) is 25.0 Å². The van der Waals surface area contributed by atoms with Gasteiger partial charge in [0, 0.05) is 13.8 Å². The summed E-state index contributed by atoms with van der Waals surface area (Å²) < 4.78 is 30.2. The summed E-state index contributed by atoms with van der Waals surface area (Å²) in [7, 11) is 0. The zero-order chi connectivity index (χ0) is 20.3. The van der Waals surface area contributed by atoms with E-state index in [4.69, 9.17) is 35.3 Å². The molecule has 2 aliphatic rings. The molecule has 0 spiro atoms. The van der Waals surface area contributed by atoms with Gasteiger partial charge in [0.15, 0.2) is 17.1 Å². The van der Waals surface area contributed by atoms with Gasteiger partial charge in [-0.15, -0.1) is 11.6 Å². The predicted octanol–water partition coefficient (Wildman–Crippen LogP) is 4.75. The lowest BCUT2D eigenvalue weighted by Crippen LogP contribution is -2.42. The van der Waals surface area contributed by atoms with Gasteiger partial charge in [0.2, 0.25) is 12.1 Å². The smallest absolute Gasteiger partial charge is 0.225 e. The second kappa shape index (κ2) is 8.36. The van der Waals surface area contributed by atoms with Crippen molar-refractivity contribution in [2.75, 3.05) is 12.5 Å². The first-order chi connectivity index (χ1) is 14.0. The highest BCUT2D eigenvalue weighted by Gasteiger charge is 2.56. The maximum absolute atomic E-state index is 6.38. The van der Waals surface area contributed by atoms with Crippen LogP contribution < -0.4 is 0 Å². The molecule has 0 saturated carbocycles. The lowest BCUT2D eigenvalue weighted by molar-refractivity contribution is -0.228. The Morgan fingerprint density at radius 1 is 0.897 bits per heavy atom. The largest absolute Gasteiger partial charge is 0.486 e. The van der Waals surface area contributed by atoms with Gasteiger partial charge in [-0.25, -0.2) is 0 Å². The van der Waals surface area contributed by atoms with Crippen LogP contribution in [0.2, 0.25) is 0 Å². The summed E-state index contributed by atoms with van der Waals surface area (Å²) in [6.07, 6.45) is -0.658. The van der Waals surface area contributed by atoms with Gasteiger partial charge in [-0.2, -0.15) is 0 Å². The van der Waals surface area contributed by atoms with Gasteiger partial charge >= 0.3 is 0 Å². The fourth-order valence-electron chi connectivity index (χ4n) is 3.43. The van der Waals surface area contributed by atoms with Gasteiger partial charge in [0.25, 0.3) is 0 Å². The topological polar surface area (TPSA) is 46.2 Å². The van der Waals surface area contributed by atoms with Crippen LogP contribution in [0.5, 0.6) is 0 Å². The Hall–Kier alpha value is -2.05. The molecule has 0 N–H and O–H groups in total. The molecule has 0 amide bonds. The van der Waals surface area contributed by atoms with Gasteiger partial charge in [0.05, 0.1) is 19.1 Å². The van der Waals surface area contributed by atoms with Crippen molar-refractivity contribution in [3.05, 3.63) is 83.3 Å². The number of rotatable bonds is 8. The van der Waals surface area contributed by atoms with Crippen LogP contribution in [-0.4, -0.2) is 30.2 Å². The van der Waals surface area contributed by atoms with E-state index < -0.39 is 17.7 Å². The number of hydrogen-bond acceptors (Lipinski definition) is 5. The molecule has 29 heavy (non-hydrogen) atoms. The number of halogens is 1. The van der Waals surface area contributed by atoms with Gasteiger partial charge in [-0.1, -0.05) is 60.7 Å². The minimum atomic E-state index is -0.971. The standard InChI is InChI=1S/C23H25ClO5/c1-22(2)27-19-20(26-14-18-11-7-4-8-12-18)23(15-24,29-21(19)28-22)16-25-13-17-9-5-3-6-10-17/h3-12,21H,13-16H2,1-2H3/t21-,23+/m0/s1. The molecule has 0 aromatic heterocycles. The average Bonchev–Trinajstić information content (AvgIpc) is 3.17. The van der Waals surface area contributed by atoms with E-state index in [1.807, 2.05) is 74.5 Å². The summed E-state index contributed by atoms with van der Waals surface area (Å²) in [6, 6.07) is 19.9. The predicted molar refractivity (Wildman–Crippen MR) is 109 cm³/mol. The summed E-state index contributed by atoms with van der Waals surface area (Å²) in [4.78, 5) is 0. The van der Waals surface area contributed by atoms with Crippen LogP contribution >= 0.6 is 11.6 Å². The van der Waals surface area contributed by atoms with Crippen molar-refractivity contribution in [1.82, 2.24) is 0 Å². The highest BCUT2D eigenvalue weighted by molar-refractivity contribution is 6.18. The van der Waals surface area contributed by atoms with E-state index >= 15 is 0 Å². The molecular formula is C23H25ClO5. The first kappa shape index (κ1) is 20.2. The van der Waals surface area contributed by atoms with Gasteiger partial charge in [0.1, 0.15) is 6.61 Å². The molecule has 154 valence electrons. The second-order valence-corrected chi connectivity index (χ2v) is 7.91. The summed E-state index contributed by atoms with van der Waals surface area (Å²) in [5, 5.41) is 0. The molecule has 0 aliphatic carbocycles. The van der Waals surface area contributed by atoms with Crippen molar-refractivity contribution in [1.29, 1.82) is 0 Å². The zero-order valence-corrected chi connectivity index (χ0v) is 17.4. The van der Waals surface area contributed by atoms with Crippen LogP contribution in [0.3, 0.4) is 0 Å². The summed E-state index contributed by atoms with van der Waals surface area (Å²) >= 11 is 6.38. The molecule has 4 rings (SSSR count). The van der Waals surface area contributed by atoms with Crippen LogP contribution in [0.4, 0.5) is 0 Å². The van der Waals surface area contributed by atoms with E-state index in [2.05, 4.69) is 0 Å². The average molecular weight is 417 g/mol. The van der Waals surface area contributed by atoms with Gasteiger partial charge in [-0.05, 0) is 11.1 Å². The van der Waals surface area contributed by atoms with E-state index in [1.54, 1.807) is 0 Å². The molecule has 6 heteroatoms. The van der Waals surface area contributed by atoms with Crippen molar-refractivity contribution in [2.24, 2.45) is 0 Å². The molecule has 5 nitrogen and oxygen atoms in total. The van der Waals surface area contributed by atoms with Crippen LogP contribution in [-0.2, 0) is 36.9 Å². The van der Waals surface area contributed by atoms with Crippen LogP contribution in [0.15, 0.2) is 72.2 Å². The molecular weight excluding hydrogens is 392 g/mol. The monoisotopic (exact) mass is 416 g/mol. The van der Waals surface area contributed by atoms with Crippen LogP contribution in [0.25, 0.3) is 0 Å². The SMILES string of the molecule is CC1(C)OC2=C(OCc3ccccc3)[C@@](CCl)(COCc3ccccc3)O[C@@H]2O1. The van der Waals surface area contributed by atoms with Crippen molar-refractivity contribution >= 4 is 11.6 Å². The number of hydrogen-bond donors (Lipinski definition) is 0. The molecule has 1 fully saturated rings. The molecule has 2 aliphatic heterocycles. The van der Waals surface area contributed by atoms with E-state index in [0.717, 1.165) is 11.1 Å². The molecule has 0 unspecified atom stereocenters.